The molecule has 1 aliphatic carbocycles. The Labute approximate surface area is 156 Å². The Morgan fingerprint density at radius 2 is 2.22 bits per heavy atom. The topological polar surface area (TPSA) is 107 Å². The van der Waals surface area contributed by atoms with Gasteiger partial charge in [0.15, 0.2) is 6.61 Å². The largest absolute Gasteiger partial charge is 0.467 e. The summed E-state index contributed by atoms with van der Waals surface area (Å²) in [5, 5.41) is 13.9. The van der Waals surface area contributed by atoms with Crippen molar-refractivity contribution in [2.45, 2.75) is 19.3 Å². The van der Waals surface area contributed by atoms with Gasteiger partial charge in [-0.05, 0) is 30.9 Å². The van der Waals surface area contributed by atoms with Gasteiger partial charge in [0.1, 0.15) is 17.0 Å². The summed E-state index contributed by atoms with van der Waals surface area (Å²) in [7, 11) is 0. The first-order valence-corrected chi connectivity index (χ1v) is 8.96. The average Bonchev–Trinajstić information content (AvgIpc) is 3.22. The van der Waals surface area contributed by atoms with Crippen LogP contribution in [0.5, 0.6) is 5.88 Å². The van der Waals surface area contributed by atoms with Crippen molar-refractivity contribution in [3.05, 3.63) is 50.9 Å². The van der Waals surface area contributed by atoms with Crippen molar-refractivity contribution in [1.82, 2.24) is 9.97 Å². The standard InChI is InChI=1S/C17H13FN4O4S/c18-11-5-4-9(22(24)25)6-12(11)21-14(23)7-26-16-15-10-2-1-3-13(10)27-17(15)20-8-19-16/h4-6,8H,1-3,7H2,(H,21,23). The molecule has 0 fully saturated rings. The van der Waals surface area contributed by atoms with Crippen LogP contribution >= 0.6 is 11.3 Å². The molecule has 0 unspecified atom stereocenters. The Hall–Kier alpha value is -3.14. The first-order valence-electron chi connectivity index (χ1n) is 8.15. The highest BCUT2D eigenvalue weighted by atomic mass is 32.1. The molecule has 8 nitrogen and oxygen atoms in total. The Morgan fingerprint density at radius 1 is 1.37 bits per heavy atom. The minimum atomic E-state index is -0.769. The quantitative estimate of drug-likeness (QED) is 0.531. The molecule has 27 heavy (non-hydrogen) atoms. The molecule has 0 aliphatic heterocycles. The molecule has 0 saturated carbocycles. The number of nitrogens with one attached hydrogen (secondary N) is 1. The first kappa shape index (κ1) is 17.3. The number of nitro benzene ring substituents is 1. The van der Waals surface area contributed by atoms with Crippen LogP contribution in [0.25, 0.3) is 10.2 Å². The van der Waals surface area contributed by atoms with Crippen molar-refractivity contribution < 1.29 is 18.8 Å². The van der Waals surface area contributed by atoms with Crippen LogP contribution in [-0.4, -0.2) is 27.4 Å². The number of aromatic nitrogens is 2. The number of hydrogen-bond donors (Lipinski definition) is 1. The number of rotatable bonds is 5. The number of benzene rings is 1. The van der Waals surface area contributed by atoms with Gasteiger partial charge in [-0.25, -0.2) is 14.4 Å². The summed E-state index contributed by atoms with van der Waals surface area (Å²) < 4.78 is 19.3. The summed E-state index contributed by atoms with van der Waals surface area (Å²) in [6.07, 6.45) is 4.37. The summed E-state index contributed by atoms with van der Waals surface area (Å²) >= 11 is 1.60. The van der Waals surface area contributed by atoms with Gasteiger partial charge < -0.3 is 10.1 Å². The molecular weight excluding hydrogens is 375 g/mol. The van der Waals surface area contributed by atoms with Gasteiger partial charge in [0.05, 0.1) is 16.0 Å². The van der Waals surface area contributed by atoms with Gasteiger partial charge in [-0.2, -0.15) is 0 Å². The lowest BCUT2D eigenvalue weighted by Crippen LogP contribution is -2.21. The molecule has 4 rings (SSSR count). The van der Waals surface area contributed by atoms with Crippen LogP contribution in [0.1, 0.15) is 16.9 Å². The van der Waals surface area contributed by atoms with Crippen LogP contribution in [0.15, 0.2) is 24.5 Å². The molecule has 2 aromatic heterocycles. The lowest BCUT2D eigenvalue weighted by Gasteiger charge is -2.09. The number of amides is 1. The molecule has 3 aromatic rings. The van der Waals surface area contributed by atoms with Gasteiger partial charge >= 0.3 is 0 Å². The summed E-state index contributed by atoms with van der Waals surface area (Å²) in [5.41, 5.74) is 0.566. The Balaban J connectivity index is 1.50. The molecule has 138 valence electrons. The van der Waals surface area contributed by atoms with Crippen LogP contribution in [0.4, 0.5) is 15.8 Å². The van der Waals surface area contributed by atoms with E-state index >= 15 is 0 Å². The number of carbonyl (C=O) groups is 1. The second-order valence-corrected chi connectivity index (χ2v) is 7.06. The summed E-state index contributed by atoms with van der Waals surface area (Å²) in [4.78, 5) is 32.7. The highest BCUT2D eigenvalue weighted by Gasteiger charge is 2.22. The van der Waals surface area contributed by atoms with Crippen molar-refractivity contribution in [2.24, 2.45) is 0 Å². The van der Waals surface area contributed by atoms with E-state index < -0.39 is 23.3 Å². The maximum absolute atomic E-state index is 13.8. The predicted octanol–water partition coefficient (Wildman–Crippen LogP) is 3.24. The number of anilines is 1. The van der Waals surface area contributed by atoms with Crippen LogP contribution in [0.2, 0.25) is 0 Å². The van der Waals surface area contributed by atoms with Gasteiger partial charge in [-0.1, -0.05) is 0 Å². The van der Waals surface area contributed by atoms with Crippen molar-refractivity contribution in [3.63, 3.8) is 0 Å². The van der Waals surface area contributed by atoms with Crippen LogP contribution in [0.3, 0.4) is 0 Å². The zero-order chi connectivity index (χ0) is 19.0. The molecule has 0 saturated heterocycles. The van der Waals surface area contributed by atoms with Gasteiger partial charge in [0.25, 0.3) is 11.6 Å². The van der Waals surface area contributed by atoms with Gasteiger partial charge in [-0.15, -0.1) is 11.3 Å². The molecular formula is C17H13FN4O4S. The van der Waals surface area contributed by atoms with Crippen molar-refractivity contribution in [1.29, 1.82) is 0 Å². The fourth-order valence-electron chi connectivity index (χ4n) is 3.05. The van der Waals surface area contributed by atoms with E-state index in [1.165, 1.54) is 11.2 Å². The zero-order valence-corrected chi connectivity index (χ0v) is 14.7. The highest BCUT2D eigenvalue weighted by molar-refractivity contribution is 7.18. The third-order valence-corrected chi connectivity index (χ3v) is 5.44. The molecule has 1 amide bonds. The molecule has 1 aromatic carbocycles. The van der Waals surface area contributed by atoms with Gasteiger partial charge in [-0.3, -0.25) is 14.9 Å². The maximum atomic E-state index is 13.8. The highest BCUT2D eigenvalue weighted by Crippen LogP contribution is 2.39. The number of non-ortho nitro benzene ring substituents is 1. The molecule has 1 N–H and O–H groups in total. The van der Waals surface area contributed by atoms with E-state index in [0.717, 1.165) is 53.2 Å². The smallest absolute Gasteiger partial charge is 0.271 e. The maximum Gasteiger partial charge on any atom is 0.271 e. The summed E-state index contributed by atoms with van der Waals surface area (Å²) in [5.74, 6) is -1.10. The number of thiophene rings is 1. The molecule has 0 bridgehead atoms. The molecule has 0 atom stereocenters. The molecule has 1 aliphatic rings. The molecule has 0 spiro atoms. The number of halogens is 1. The number of aryl methyl sites for hydroxylation is 2. The monoisotopic (exact) mass is 388 g/mol. The second kappa shape index (κ2) is 6.88. The Bertz CT molecular complexity index is 1070. The van der Waals surface area contributed by atoms with Crippen molar-refractivity contribution in [2.75, 3.05) is 11.9 Å². The fourth-order valence-corrected chi connectivity index (χ4v) is 4.27. The normalized spacial score (nSPS) is 12.8. The third kappa shape index (κ3) is 3.31. The number of nitro groups is 1. The van der Waals surface area contributed by atoms with Crippen LogP contribution in [0, 0.1) is 15.9 Å². The first-order chi connectivity index (χ1) is 13.0. The van der Waals surface area contributed by atoms with E-state index in [-0.39, 0.29) is 11.4 Å². The number of fused-ring (bicyclic) bond motifs is 3. The third-order valence-electron chi connectivity index (χ3n) is 4.24. The van der Waals surface area contributed by atoms with Crippen molar-refractivity contribution >= 4 is 38.8 Å². The minimum absolute atomic E-state index is 0.276. The summed E-state index contributed by atoms with van der Waals surface area (Å²) in [6, 6.07) is 2.91. The fraction of sp³-hybridized carbons (Fsp3) is 0.235. The molecule has 2 heterocycles. The molecule has 0 radical (unpaired) electrons. The van der Waals surface area contributed by atoms with E-state index in [1.54, 1.807) is 11.3 Å². The van der Waals surface area contributed by atoms with Crippen molar-refractivity contribution in [3.8, 4) is 5.88 Å². The number of hydrogen-bond acceptors (Lipinski definition) is 7. The van der Waals surface area contributed by atoms with Crippen LogP contribution in [-0.2, 0) is 17.6 Å². The van der Waals surface area contributed by atoms with E-state index in [9.17, 15) is 19.3 Å². The van der Waals surface area contributed by atoms with Gasteiger partial charge in [0.2, 0.25) is 5.88 Å². The Morgan fingerprint density at radius 3 is 3.04 bits per heavy atom. The van der Waals surface area contributed by atoms with Gasteiger partial charge in [0, 0.05) is 17.0 Å². The average molecular weight is 388 g/mol. The summed E-state index contributed by atoms with van der Waals surface area (Å²) in [6.45, 7) is -0.404. The minimum Gasteiger partial charge on any atom is -0.467 e. The van der Waals surface area contributed by atoms with E-state index in [0.29, 0.717) is 5.88 Å². The van der Waals surface area contributed by atoms with E-state index in [4.69, 9.17) is 4.74 Å². The predicted molar refractivity (Wildman–Crippen MR) is 96.6 cm³/mol. The number of nitrogens with zero attached hydrogens (tertiary/aromatic N) is 3. The van der Waals surface area contributed by atoms with E-state index in [2.05, 4.69) is 15.3 Å². The molecule has 10 heteroatoms. The lowest BCUT2D eigenvalue weighted by molar-refractivity contribution is -0.384. The SMILES string of the molecule is O=C(COc1ncnc2sc3c(c12)CCC3)Nc1cc([N+](=O)[O-])ccc1F. The van der Waals surface area contributed by atoms with Crippen LogP contribution < -0.4 is 10.1 Å². The Kier molecular flexibility index (Phi) is 4.40. The second-order valence-electron chi connectivity index (χ2n) is 5.97. The number of carbonyl (C=O) groups excluding carboxylic acids is 1. The lowest BCUT2D eigenvalue weighted by atomic mass is 10.2. The number of ether oxygens (including phenoxy) is 1. The zero-order valence-electron chi connectivity index (χ0n) is 13.9. The van der Waals surface area contributed by atoms with E-state index in [1.807, 2.05) is 0 Å².